The lowest BCUT2D eigenvalue weighted by molar-refractivity contribution is -0.131. The average molecular weight is 428 g/mol. The van der Waals surface area contributed by atoms with Crippen molar-refractivity contribution in [3.8, 4) is 0 Å². The van der Waals surface area contributed by atoms with Crippen LogP contribution in [0, 0.1) is 0 Å². The maximum atomic E-state index is 10.5. The third-order valence-electron chi connectivity index (χ3n) is 5.48. The van der Waals surface area contributed by atoms with Crippen LogP contribution in [0.15, 0.2) is 12.1 Å². The van der Waals surface area contributed by atoms with E-state index < -0.39 is 36.6 Å². The Labute approximate surface area is 175 Å². The zero-order valence-corrected chi connectivity index (χ0v) is 19.4. The van der Waals surface area contributed by atoms with Crippen molar-refractivity contribution in [1.29, 1.82) is 0 Å². The minimum atomic E-state index is -1.50. The van der Waals surface area contributed by atoms with Crippen LogP contribution < -0.4 is 9.55 Å². The van der Waals surface area contributed by atoms with Crippen molar-refractivity contribution in [3.63, 3.8) is 0 Å². The van der Waals surface area contributed by atoms with Crippen molar-refractivity contribution in [2.45, 2.75) is 77.8 Å². The highest BCUT2D eigenvalue weighted by Gasteiger charge is 2.46. The largest absolute Gasteiger partial charge is 0.505 e. The van der Waals surface area contributed by atoms with Gasteiger partial charge in [-0.3, -0.25) is 0 Å². The third kappa shape index (κ3) is 4.99. The highest BCUT2D eigenvalue weighted by molar-refractivity contribution is 7.36. The van der Waals surface area contributed by atoms with E-state index in [9.17, 15) is 20.3 Å². The lowest BCUT2D eigenvalue weighted by atomic mass is 9.78. The van der Waals surface area contributed by atoms with Gasteiger partial charge in [0.05, 0.1) is 22.4 Å². The zero-order valence-electron chi connectivity index (χ0n) is 17.7. The van der Waals surface area contributed by atoms with E-state index in [-0.39, 0.29) is 0 Å². The normalized spacial score (nSPS) is 14.0. The topological polar surface area (TPSA) is 99.4 Å². The van der Waals surface area contributed by atoms with E-state index in [2.05, 4.69) is 0 Å². The van der Waals surface area contributed by atoms with Crippen LogP contribution >= 0.6 is 22.7 Å². The fourth-order valence-electron chi connectivity index (χ4n) is 2.08. The summed E-state index contributed by atoms with van der Waals surface area (Å²) >= 11 is 2.71. The first-order valence-corrected chi connectivity index (χ1v) is 10.8. The molecule has 0 aliphatic rings. The summed E-state index contributed by atoms with van der Waals surface area (Å²) in [7, 11) is -2.32. The molecule has 0 atom stereocenters. The first-order chi connectivity index (χ1) is 12.4. The minimum Gasteiger partial charge on any atom is -0.423 e. The quantitative estimate of drug-likeness (QED) is 0.476. The Balaban J connectivity index is 2.44. The van der Waals surface area contributed by atoms with Gasteiger partial charge in [-0.1, -0.05) is 0 Å². The molecule has 0 aliphatic heterocycles. The molecular formula is C18H30B2O6S2. The lowest BCUT2D eigenvalue weighted by Gasteiger charge is -2.43. The molecule has 0 spiro atoms. The van der Waals surface area contributed by atoms with Gasteiger partial charge in [0.15, 0.2) is 0 Å². The first-order valence-electron chi connectivity index (χ1n) is 9.14. The van der Waals surface area contributed by atoms with Crippen molar-refractivity contribution in [2.75, 3.05) is 0 Å². The molecule has 0 aliphatic carbocycles. The molecule has 0 fully saturated rings. The molecule has 2 heterocycles. The number of fused-ring (bicyclic) bond motifs is 1. The van der Waals surface area contributed by atoms with E-state index in [0.717, 1.165) is 14.2 Å². The van der Waals surface area contributed by atoms with E-state index in [1.807, 2.05) is 6.07 Å². The molecule has 6 nitrogen and oxygen atoms in total. The number of rotatable bonds is 8. The van der Waals surface area contributed by atoms with E-state index in [1.54, 1.807) is 61.5 Å². The molecule has 0 saturated heterocycles. The molecule has 0 amide bonds. The van der Waals surface area contributed by atoms with Gasteiger partial charge in [0.2, 0.25) is 0 Å². The van der Waals surface area contributed by atoms with Crippen LogP contribution in [-0.4, -0.2) is 56.9 Å². The van der Waals surface area contributed by atoms with Crippen molar-refractivity contribution < 1.29 is 29.6 Å². The first kappa shape index (κ1) is 23.8. The van der Waals surface area contributed by atoms with Gasteiger partial charge in [0.1, 0.15) is 0 Å². The summed E-state index contributed by atoms with van der Waals surface area (Å²) in [6.45, 7) is 13.8. The average Bonchev–Trinajstić information content (AvgIpc) is 3.01. The standard InChI is InChI=1S/C18H30B2O6S2/c1-15(2,21)17(5,6)25-20(26-18(7,8)16(3,4)22)14-10-12-11(28-14)9-13(27-12)19(23)24/h9-10,21-24H,1-8H3. The van der Waals surface area contributed by atoms with E-state index in [4.69, 9.17) is 9.31 Å². The van der Waals surface area contributed by atoms with Crippen molar-refractivity contribution in [2.24, 2.45) is 0 Å². The zero-order chi connectivity index (χ0) is 21.7. The number of hydrogen-bond donors (Lipinski definition) is 4. The molecule has 28 heavy (non-hydrogen) atoms. The summed E-state index contributed by atoms with van der Waals surface area (Å²) < 4.78 is 15.5. The second-order valence-electron chi connectivity index (χ2n) is 9.11. The predicted octanol–water partition coefficient (Wildman–Crippen LogP) is 1.47. The van der Waals surface area contributed by atoms with Gasteiger partial charge < -0.3 is 29.6 Å². The summed E-state index contributed by atoms with van der Waals surface area (Å²) in [6, 6.07) is 3.63. The Kier molecular flexibility index (Phi) is 6.52. The van der Waals surface area contributed by atoms with Gasteiger partial charge in [-0.15, -0.1) is 22.7 Å². The molecule has 0 radical (unpaired) electrons. The third-order valence-corrected chi connectivity index (χ3v) is 7.84. The molecule has 0 saturated carbocycles. The number of hydrogen-bond acceptors (Lipinski definition) is 8. The maximum Gasteiger partial charge on any atom is 0.505 e. The Bertz CT molecular complexity index is 755. The highest BCUT2D eigenvalue weighted by Crippen LogP contribution is 2.32. The summed E-state index contributed by atoms with van der Waals surface area (Å²) in [4.78, 5) is 0. The summed E-state index contributed by atoms with van der Waals surface area (Å²) in [6.07, 6.45) is 0. The summed E-state index contributed by atoms with van der Waals surface area (Å²) in [5.41, 5.74) is -4.12. The SMILES string of the molecule is CC(C)(O)C(C)(C)OB(OC(C)(C)C(C)(C)O)c1cc2sc(B(O)O)cc2s1. The Morgan fingerprint density at radius 2 is 1.07 bits per heavy atom. The van der Waals surface area contributed by atoms with Crippen molar-refractivity contribution in [1.82, 2.24) is 0 Å². The van der Waals surface area contributed by atoms with Gasteiger partial charge in [0.25, 0.3) is 0 Å². The molecule has 2 rings (SSSR count). The van der Waals surface area contributed by atoms with Crippen LogP contribution in [-0.2, 0) is 9.31 Å². The fraction of sp³-hybridized carbons (Fsp3) is 0.667. The molecule has 10 heteroatoms. The second kappa shape index (κ2) is 7.67. The lowest BCUT2D eigenvalue weighted by Crippen LogP contribution is -2.58. The number of aliphatic hydroxyl groups is 2. The van der Waals surface area contributed by atoms with Crippen molar-refractivity contribution in [3.05, 3.63) is 12.1 Å². The monoisotopic (exact) mass is 428 g/mol. The van der Waals surface area contributed by atoms with Crippen LogP contribution in [0.2, 0.25) is 0 Å². The molecule has 156 valence electrons. The Hall–Kier alpha value is -0.450. The molecule has 0 aromatic carbocycles. The fourth-order valence-corrected chi connectivity index (χ4v) is 4.33. The predicted molar refractivity (Wildman–Crippen MR) is 118 cm³/mol. The maximum absolute atomic E-state index is 10.5. The van der Waals surface area contributed by atoms with Crippen LogP contribution in [0.5, 0.6) is 0 Å². The second-order valence-corrected chi connectivity index (χ2v) is 11.3. The van der Waals surface area contributed by atoms with Gasteiger partial charge in [-0.05, 0) is 67.5 Å². The molecule has 2 aromatic rings. The smallest absolute Gasteiger partial charge is 0.423 e. The van der Waals surface area contributed by atoms with Crippen LogP contribution in [0.3, 0.4) is 0 Å². The van der Waals surface area contributed by atoms with Gasteiger partial charge >= 0.3 is 14.2 Å². The van der Waals surface area contributed by atoms with Gasteiger partial charge in [-0.2, -0.15) is 0 Å². The Morgan fingerprint density at radius 1 is 0.714 bits per heavy atom. The number of thiophene rings is 2. The Morgan fingerprint density at radius 3 is 1.43 bits per heavy atom. The molecular weight excluding hydrogens is 398 g/mol. The summed E-state index contributed by atoms with van der Waals surface area (Å²) in [5, 5.41) is 39.8. The molecule has 0 unspecified atom stereocenters. The van der Waals surface area contributed by atoms with Gasteiger partial charge in [0, 0.05) is 19.0 Å². The van der Waals surface area contributed by atoms with Crippen LogP contribution in [0.25, 0.3) is 9.40 Å². The minimum absolute atomic E-state index is 0.472. The molecule has 0 bridgehead atoms. The van der Waals surface area contributed by atoms with E-state index in [1.165, 1.54) is 22.7 Å². The van der Waals surface area contributed by atoms with E-state index in [0.29, 0.717) is 4.78 Å². The molecule has 2 aromatic heterocycles. The highest BCUT2D eigenvalue weighted by atomic mass is 32.1. The van der Waals surface area contributed by atoms with Gasteiger partial charge in [-0.25, -0.2) is 0 Å². The van der Waals surface area contributed by atoms with Crippen molar-refractivity contribution >= 4 is 55.9 Å². The van der Waals surface area contributed by atoms with Crippen LogP contribution in [0.1, 0.15) is 55.4 Å². The van der Waals surface area contributed by atoms with Crippen LogP contribution in [0.4, 0.5) is 0 Å². The van der Waals surface area contributed by atoms with E-state index >= 15 is 0 Å². The summed E-state index contributed by atoms with van der Waals surface area (Å²) in [5.74, 6) is 0. The molecule has 4 N–H and O–H groups in total.